The molecule has 2 heterocycles. The summed E-state index contributed by atoms with van der Waals surface area (Å²) in [6, 6.07) is 7.76. The molecule has 1 aromatic heterocycles. The predicted octanol–water partition coefficient (Wildman–Crippen LogP) is 2.72. The number of hydrogen-bond acceptors (Lipinski definition) is 5. The molecule has 0 unspecified atom stereocenters. The minimum absolute atomic E-state index is 0.0665. The van der Waals surface area contributed by atoms with Crippen LogP contribution in [-0.4, -0.2) is 70.9 Å². The van der Waals surface area contributed by atoms with Gasteiger partial charge in [-0.3, -0.25) is 14.6 Å². The van der Waals surface area contributed by atoms with Gasteiger partial charge in [0.2, 0.25) is 5.91 Å². The third kappa shape index (κ3) is 5.44. The fraction of sp³-hybridized carbons (Fsp3) is 0.429. The smallest absolute Gasteiger partial charge is 0.274 e. The highest BCUT2D eigenvalue weighted by molar-refractivity contribution is 6.33. The van der Waals surface area contributed by atoms with E-state index in [0.717, 1.165) is 30.2 Å². The van der Waals surface area contributed by atoms with E-state index in [4.69, 9.17) is 11.6 Å². The maximum absolute atomic E-state index is 12.7. The van der Waals surface area contributed by atoms with Crippen LogP contribution < -0.4 is 4.90 Å². The topological polar surface area (TPSA) is 69.6 Å². The number of halogens is 1. The SMILES string of the molecule is CCCN(CCC(=O)N1CCN(c2ccccc2Cl)CC1)C(=O)c1cnccn1. The van der Waals surface area contributed by atoms with Crippen LogP contribution in [0.2, 0.25) is 5.02 Å². The molecule has 1 aliphatic rings. The Morgan fingerprint density at radius 1 is 1.10 bits per heavy atom. The summed E-state index contributed by atoms with van der Waals surface area (Å²) in [6.07, 6.45) is 5.61. The molecular weight excluding hydrogens is 390 g/mol. The summed E-state index contributed by atoms with van der Waals surface area (Å²) in [7, 11) is 0. The molecule has 1 saturated heterocycles. The monoisotopic (exact) mass is 415 g/mol. The van der Waals surface area contributed by atoms with Gasteiger partial charge in [0, 0.05) is 58.1 Å². The van der Waals surface area contributed by atoms with E-state index >= 15 is 0 Å². The average molecular weight is 416 g/mol. The van der Waals surface area contributed by atoms with Crippen molar-refractivity contribution in [1.82, 2.24) is 19.8 Å². The molecule has 0 N–H and O–H groups in total. The van der Waals surface area contributed by atoms with Crippen LogP contribution in [-0.2, 0) is 4.79 Å². The Bertz CT molecular complexity index is 825. The standard InChI is InChI=1S/C21H26ClN5O2/c1-2-10-27(21(29)18-16-23-8-9-24-18)11-7-20(28)26-14-12-25(13-15-26)19-6-4-3-5-17(19)22/h3-6,8-9,16H,2,7,10-15H2,1H3. The van der Waals surface area contributed by atoms with Crippen molar-refractivity contribution >= 4 is 29.1 Å². The lowest BCUT2D eigenvalue weighted by atomic mass is 10.2. The molecule has 2 amide bonds. The highest BCUT2D eigenvalue weighted by atomic mass is 35.5. The van der Waals surface area contributed by atoms with Gasteiger partial charge in [-0.05, 0) is 18.6 Å². The number of nitrogens with zero attached hydrogens (tertiary/aromatic N) is 5. The number of aromatic nitrogens is 2. The molecule has 2 aromatic rings. The number of hydrogen-bond donors (Lipinski definition) is 0. The van der Waals surface area contributed by atoms with Gasteiger partial charge in [-0.2, -0.15) is 0 Å². The molecule has 1 fully saturated rings. The van der Waals surface area contributed by atoms with E-state index in [2.05, 4.69) is 14.9 Å². The molecule has 0 radical (unpaired) electrons. The van der Waals surface area contributed by atoms with E-state index in [0.29, 0.717) is 38.3 Å². The van der Waals surface area contributed by atoms with Gasteiger partial charge in [0.15, 0.2) is 0 Å². The van der Waals surface area contributed by atoms with Gasteiger partial charge in [0.1, 0.15) is 5.69 Å². The van der Waals surface area contributed by atoms with E-state index in [1.165, 1.54) is 18.6 Å². The molecule has 154 valence electrons. The Balaban J connectivity index is 1.52. The van der Waals surface area contributed by atoms with Crippen LogP contribution >= 0.6 is 11.6 Å². The molecule has 0 atom stereocenters. The summed E-state index contributed by atoms with van der Waals surface area (Å²) in [6.45, 7) is 5.76. The molecule has 7 nitrogen and oxygen atoms in total. The number of amides is 2. The number of rotatable bonds is 7. The fourth-order valence-corrected chi connectivity index (χ4v) is 3.71. The van der Waals surface area contributed by atoms with Crippen LogP contribution in [0.1, 0.15) is 30.3 Å². The highest BCUT2D eigenvalue weighted by Gasteiger charge is 2.24. The minimum atomic E-state index is -0.184. The molecule has 3 rings (SSSR count). The van der Waals surface area contributed by atoms with Crippen molar-refractivity contribution in [2.24, 2.45) is 0 Å². The van der Waals surface area contributed by atoms with Gasteiger partial charge in [0.25, 0.3) is 5.91 Å². The maximum Gasteiger partial charge on any atom is 0.274 e. The lowest BCUT2D eigenvalue weighted by Gasteiger charge is -2.36. The lowest BCUT2D eigenvalue weighted by Crippen LogP contribution is -2.49. The average Bonchev–Trinajstić information content (AvgIpc) is 2.77. The third-order valence-electron chi connectivity index (χ3n) is 4.98. The first-order valence-corrected chi connectivity index (χ1v) is 10.3. The zero-order chi connectivity index (χ0) is 20.6. The number of carbonyl (C=O) groups is 2. The second-order valence-corrected chi connectivity index (χ2v) is 7.36. The number of anilines is 1. The first-order chi connectivity index (χ1) is 14.1. The number of para-hydroxylation sites is 1. The molecule has 8 heteroatoms. The summed E-state index contributed by atoms with van der Waals surface area (Å²) in [5.41, 5.74) is 1.31. The second kappa shape index (κ2) is 10.2. The molecular formula is C21H26ClN5O2. The van der Waals surface area contributed by atoms with Crippen LogP contribution in [0.15, 0.2) is 42.9 Å². The molecule has 0 spiro atoms. The third-order valence-corrected chi connectivity index (χ3v) is 5.30. The first kappa shape index (κ1) is 21.0. The second-order valence-electron chi connectivity index (χ2n) is 6.95. The summed E-state index contributed by atoms with van der Waals surface area (Å²) < 4.78 is 0. The van der Waals surface area contributed by atoms with Crippen molar-refractivity contribution in [3.05, 3.63) is 53.6 Å². The van der Waals surface area contributed by atoms with Crippen LogP contribution in [0.3, 0.4) is 0 Å². The van der Waals surface area contributed by atoms with E-state index in [-0.39, 0.29) is 11.8 Å². The quantitative estimate of drug-likeness (QED) is 0.695. The summed E-state index contributed by atoms with van der Waals surface area (Å²) >= 11 is 6.28. The van der Waals surface area contributed by atoms with Crippen LogP contribution in [0.25, 0.3) is 0 Å². The molecule has 0 aliphatic carbocycles. The Morgan fingerprint density at radius 3 is 2.52 bits per heavy atom. The normalized spacial score (nSPS) is 14.0. The van der Waals surface area contributed by atoms with Crippen LogP contribution in [0, 0.1) is 0 Å². The minimum Gasteiger partial charge on any atom is -0.367 e. The van der Waals surface area contributed by atoms with Gasteiger partial charge in [-0.25, -0.2) is 4.98 Å². The number of piperazine rings is 1. The number of carbonyl (C=O) groups excluding carboxylic acids is 2. The van der Waals surface area contributed by atoms with Crippen molar-refractivity contribution in [3.8, 4) is 0 Å². The predicted molar refractivity (Wildman–Crippen MR) is 113 cm³/mol. The lowest BCUT2D eigenvalue weighted by molar-refractivity contribution is -0.131. The van der Waals surface area contributed by atoms with E-state index in [1.807, 2.05) is 36.1 Å². The van der Waals surface area contributed by atoms with Gasteiger partial charge >= 0.3 is 0 Å². The summed E-state index contributed by atoms with van der Waals surface area (Å²) in [5, 5.41) is 0.727. The molecule has 1 aromatic carbocycles. The van der Waals surface area contributed by atoms with E-state index < -0.39 is 0 Å². The van der Waals surface area contributed by atoms with Gasteiger partial charge < -0.3 is 14.7 Å². The Kier molecular flexibility index (Phi) is 7.41. The molecule has 0 saturated carbocycles. The van der Waals surface area contributed by atoms with Crippen molar-refractivity contribution in [3.63, 3.8) is 0 Å². The van der Waals surface area contributed by atoms with E-state index in [1.54, 1.807) is 4.90 Å². The van der Waals surface area contributed by atoms with Crippen molar-refractivity contribution < 1.29 is 9.59 Å². The van der Waals surface area contributed by atoms with Crippen molar-refractivity contribution in [2.45, 2.75) is 19.8 Å². The van der Waals surface area contributed by atoms with E-state index in [9.17, 15) is 9.59 Å². The summed E-state index contributed by atoms with van der Waals surface area (Å²) in [5.74, 6) is -0.117. The largest absolute Gasteiger partial charge is 0.367 e. The molecule has 0 bridgehead atoms. The fourth-order valence-electron chi connectivity index (χ4n) is 3.45. The maximum atomic E-state index is 12.7. The van der Waals surface area contributed by atoms with Crippen LogP contribution in [0.5, 0.6) is 0 Å². The van der Waals surface area contributed by atoms with Crippen molar-refractivity contribution in [2.75, 3.05) is 44.2 Å². The zero-order valence-corrected chi connectivity index (χ0v) is 17.4. The summed E-state index contributed by atoms with van der Waals surface area (Å²) in [4.78, 5) is 39.1. The highest BCUT2D eigenvalue weighted by Crippen LogP contribution is 2.26. The zero-order valence-electron chi connectivity index (χ0n) is 16.6. The van der Waals surface area contributed by atoms with Crippen molar-refractivity contribution in [1.29, 1.82) is 0 Å². The first-order valence-electron chi connectivity index (χ1n) is 9.92. The van der Waals surface area contributed by atoms with Crippen LogP contribution in [0.4, 0.5) is 5.69 Å². The molecule has 29 heavy (non-hydrogen) atoms. The van der Waals surface area contributed by atoms with Gasteiger partial charge in [-0.1, -0.05) is 30.7 Å². The Morgan fingerprint density at radius 2 is 1.86 bits per heavy atom. The van der Waals surface area contributed by atoms with Gasteiger partial charge in [-0.15, -0.1) is 0 Å². The number of benzene rings is 1. The Hall–Kier alpha value is -2.67. The van der Waals surface area contributed by atoms with Gasteiger partial charge in [0.05, 0.1) is 16.9 Å². The Labute approximate surface area is 176 Å². The molecule has 1 aliphatic heterocycles.